The Kier molecular flexibility index (Phi) is 3.12. The third-order valence-corrected chi connectivity index (χ3v) is 6.24. The Bertz CT molecular complexity index is 836. The van der Waals surface area contributed by atoms with Gasteiger partial charge in [0.05, 0.1) is 5.41 Å². The fourth-order valence-corrected chi connectivity index (χ4v) is 4.80. The molecule has 2 saturated carbocycles. The van der Waals surface area contributed by atoms with E-state index in [2.05, 4.69) is 15.3 Å². The summed E-state index contributed by atoms with van der Waals surface area (Å²) < 4.78 is 7.66. The number of aryl methyl sites for hydroxylation is 2. The number of amides is 1. The lowest BCUT2D eigenvalue weighted by Crippen LogP contribution is -2.35. The highest BCUT2D eigenvalue weighted by Crippen LogP contribution is 2.50. The fourth-order valence-electron chi connectivity index (χ4n) is 4.80. The van der Waals surface area contributed by atoms with Gasteiger partial charge in [0, 0.05) is 38.7 Å². The number of rotatable bonds is 3. The minimum atomic E-state index is -0.162. The molecular formula is C18H23N5O2. The van der Waals surface area contributed by atoms with E-state index < -0.39 is 0 Å². The van der Waals surface area contributed by atoms with Gasteiger partial charge < -0.3 is 9.32 Å². The Labute approximate surface area is 146 Å². The van der Waals surface area contributed by atoms with E-state index in [9.17, 15) is 4.79 Å². The number of carbonyl (C=O) groups is 1. The van der Waals surface area contributed by atoms with Crippen LogP contribution < -0.4 is 0 Å². The molecule has 3 heterocycles. The highest BCUT2D eigenvalue weighted by atomic mass is 16.4. The molecule has 7 nitrogen and oxygen atoms in total. The average molecular weight is 341 g/mol. The third-order valence-electron chi connectivity index (χ3n) is 6.24. The SMILES string of the molecule is Cc1nnc([C@]23CCC[C@H]2CN(C(=O)c2cc(C4CC4)n(C)n2)C3)o1. The van der Waals surface area contributed by atoms with Crippen molar-refractivity contribution in [3.63, 3.8) is 0 Å². The van der Waals surface area contributed by atoms with Gasteiger partial charge in [-0.3, -0.25) is 9.48 Å². The minimum absolute atomic E-state index is 0.0347. The first-order valence-corrected chi connectivity index (χ1v) is 9.20. The number of hydrogen-bond donors (Lipinski definition) is 0. The molecule has 0 radical (unpaired) electrons. The maximum Gasteiger partial charge on any atom is 0.274 e. The molecule has 0 spiro atoms. The van der Waals surface area contributed by atoms with Gasteiger partial charge in [0.15, 0.2) is 5.69 Å². The van der Waals surface area contributed by atoms with Crippen molar-refractivity contribution >= 4 is 5.91 Å². The summed E-state index contributed by atoms with van der Waals surface area (Å²) in [7, 11) is 1.94. The van der Waals surface area contributed by atoms with Crippen LogP contribution in [0, 0.1) is 12.8 Å². The van der Waals surface area contributed by atoms with E-state index >= 15 is 0 Å². The molecule has 3 fully saturated rings. The second-order valence-corrected chi connectivity index (χ2v) is 7.91. The Morgan fingerprint density at radius 1 is 1.32 bits per heavy atom. The monoisotopic (exact) mass is 341 g/mol. The summed E-state index contributed by atoms with van der Waals surface area (Å²) in [4.78, 5) is 15.0. The van der Waals surface area contributed by atoms with Crippen LogP contribution in [0.25, 0.3) is 0 Å². The van der Waals surface area contributed by atoms with Crippen LogP contribution in [-0.4, -0.2) is 43.9 Å². The second-order valence-electron chi connectivity index (χ2n) is 7.91. The second kappa shape index (κ2) is 5.16. The highest BCUT2D eigenvalue weighted by molar-refractivity contribution is 5.92. The van der Waals surface area contributed by atoms with Gasteiger partial charge in [-0.05, 0) is 37.7 Å². The lowest BCUT2D eigenvalue weighted by molar-refractivity contribution is 0.0769. The Morgan fingerprint density at radius 2 is 2.16 bits per heavy atom. The molecule has 0 aromatic carbocycles. The highest BCUT2D eigenvalue weighted by Gasteiger charge is 2.55. The first-order valence-electron chi connectivity index (χ1n) is 9.20. The van der Waals surface area contributed by atoms with Crippen molar-refractivity contribution < 1.29 is 9.21 Å². The standard InChI is InChI=1S/C18H23N5O2/c1-11-19-20-17(25-11)18-7-3-4-13(18)9-23(10-18)16(24)14-8-15(12-5-6-12)22(2)21-14/h8,12-13H,3-7,9-10H2,1-2H3/t13-,18-/m0/s1. The van der Waals surface area contributed by atoms with Gasteiger partial charge in [-0.2, -0.15) is 5.10 Å². The molecule has 5 rings (SSSR count). The van der Waals surface area contributed by atoms with Gasteiger partial charge >= 0.3 is 0 Å². The largest absolute Gasteiger partial charge is 0.425 e. The van der Waals surface area contributed by atoms with Gasteiger partial charge in [0.1, 0.15) is 0 Å². The molecular weight excluding hydrogens is 318 g/mol. The summed E-state index contributed by atoms with van der Waals surface area (Å²) >= 11 is 0. The summed E-state index contributed by atoms with van der Waals surface area (Å²) in [6.07, 6.45) is 5.69. The van der Waals surface area contributed by atoms with Crippen molar-refractivity contribution in [2.45, 2.75) is 50.4 Å². The molecule has 0 N–H and O–H groups in total. The lowest BCUT2D eigenvalue weighted by atomic mass is 9.80. The summed E-state index contributed by atoms with van der Waals surface area (Å²) in [6, 6.07) is 1.98. The maximum absolute atomic E-state index is 13.0. The molecule has 0 unspecified atom stereocenters. The Morgan fingerprint density at radius 3 is 2.88 bits per heavy atom. The fraction of sp³-hybridized carbons (Fsp3) is 0.667. The molecule has 3 aliphatic rings. The molecule has 1 amide bonds. The zero-order valence-corrected chi connectivity index (χ0v) is 14.7. The Balaban J connectivity index is 1.42. The van der Waals surface area contributed by atoms with Crippen LogP contribution in [0.1, 0.15) is 66.0 Å². The predicted molar refractivity (Wildman–Crippen MR) is 89.1 cm³/mol. The van der Waals surface area contributed by atoms with Crippen molar-refractivity contribution in [2.75, 3.05) is 13.1 Å². The summed E-state index contributed by atoms with van der Waals surface area (Å²) in [5.74, 6) is 2.33. The van der Waals surface area contributed by atoms with Gasteiger partial charge in [0.2, 0.25) is 11.8 Å². The molecule has 2 aromatic rings. The number of carbonyl (C=O) groups excluding carboxylic acids is 1. The van der Waals surface area contributed by atoms with Crippen molar-refractivity contribution in [3.8, 4) is 0 Å². The van der Waals surface area contributed by atoms with E-state index in [1.54, 1.807) is 0 Å². The number of aromatic nitrogens is 4. The molecule has 1 aliphatic heterocycles. The van der Waals surface area contributed by atoms with Crippen molar-refractivity contribution in [2.24, 2.45) is 13.0 Å². The molecule has 2 aromatic heterocycles. The molecule has 2 atom stereocenters. The Hall–Kier alpha value is -2.18. The molecule has 132 valence electrons. The number of nitrogens with zero attached hydrogens (tertiary/aromatic N) is 5. The van der Waals surface area contributed by atoms with Crippen LogP contribution in [0.4, 0.5) is 0 Å². The summed E-state index contributed by atoms with van der Waals surface area (Å²) in [5, 5.41) is 12.8. The zero-order chi connectivity index (χ0) is 17.2. The van der Waals surface area contributed by atoms with Gasteiger partial charge in [-0.25, -0.2) is 0 Å². The maximum atomic E-state index is 13.0. The number of fused-ring (bicyclic) bond motifs is 1. The normalized spacial score (nSPS) is 28.6. The number of likely N-dealkylation sites (tertiary alicyclic amines) is 1. The summed E-state index contributed by atoms with van der Waals surface area (Å²) in [5.41, 5.74) is 1.59. The van der Waals surface area contributed by atoms with E-state index in [0.29, 0.717) is 35.9 Å². The lowest BCUT2D eigenvalue weighted by Gasteiger charge is -2.24. The van der Waals surface area contributed by atoms with Crippen molar-refractivity contribution in [3.05, 3.63) is 29.2 Å². The van der Waals surface area contributed by atoms with Crippen molar-refractivity contribution in [1.82, 2.24) is 24.9 Å². The van der Waals surface area contributed by atoms with Gasteiger partial charge in [-0.1, -0.05) is 6.42 Å². The summed E-state index contributed by atoms with van der Waals surface area (Å²) in [6.45, 7) is 3.24. The predicted octanol–water partition coefficient (Wildman–Crippen LogP) is 2.18. The molecule has 25 heavy (non-hydrogen) atoms. The minimum Gasteiger partial charge on any atom is -0.425 e. The van der Waals surface area contributed by atoms with Crippen molar-refractivity contribution in [1.29, 1.82) is 0 Å². The van der Waals surface area contributed by atoms with E-state index in [-0.39, 0.29) is 11.3 Å². The van der Waals surface area contributed by atoms with Gasteiger partial charge in [-0.15, -0.1) is 10.2 Å². The van der Waals surface area contributed by atoms with Gasteiger partial charge in [0.25, 0.3) is 5.91 Å². The van der Waals surface area contributed by atoms with Crippen LogP contribution in [0.3, 0.4) is 0 Å². The van der Waals surface area contributed by atoms with E-state index in [1.807, 2.05) is 29.6 Å². The quantitative estimate of drug-likeness (QED) is 0.855. The molecule has 0 bridgehead atoms. The van der Waals surface area contributed by atoms with E-state index in [1.165, 1.54) is 18.5 Å². The van der Waals surface area contributed by atoms with Crippen LogP contribution in [0.5, 0.6) is 0 Å². The molecule has 1 saturated heterocycles. The smallest absolute Gasteiger partial charge is 0.274 e. The van der Waals surface area contributed by atoms with E-state index in [4.69, 9.17) is 4.42 Å². The van der Waals surface area contributed by atoms with Crippen LogP contribution >= 0.6 is 0 Å². The average Bonchev–Trinajstić information content (AvgIpc) is 2.92. The van der Waals surface area contributed by atoms with Crippen LogP contribution in [-0.2, 0) is 12.5 Å². The van der Waals surface area contributed by atoms with Crippen LogP contribution in [0.2, 0.25) is 0 Å². The number of hydrogen-bond acceptors (Lipinski definition) is 5. The van der Waals surface area contributed by atoms with E-state index in [0.717, 1.165) is 25.8 Å². The topological polar surface area (TPSA) is 77.1 Å². The first kappa shape index (κ1) is 15.1. The zero-order valence-electron chi connectivity index (χ0n) is 14.7. The molecule has 2 aliphatic carbocycles. The van der Waals surface area contributed by atoms with Crippen LogP contribution in [0.15, 0.2) is 10.5 Å². The molecule has 7 heteroatoms. The third kappa shape index (κ3) is 2.24. The first-order chi connectivity index (χ1) is 12.1.